The topological polar surface area (TPSA) is 94.5 Å². The van der Waals surface area contributed by atoms with Crippen LogP contribution in [0, 0.1) is 11.6 Å². The fourth-order valence-electron chi connectivity index (χ4n) is 2.17. The van der Waals surface area contributed by atoms with Gasteiger partial charge in [0, 0.05) is 22.7 Å². The van der Waals surface area contributed by atoms with Crippen LogP contribution in [0.3, 0.4) is 0 Å². The number of thiazole rings is 1. The van der Waals surface area contributed by atoms with Crippen molar-refractivity contribution in [1.29, 1.82) is 0 Å². The molecule has 0 saturated heterocycles. The Morgan fingerprint density at radius 1 is 1.11 bits per heavy atom. The molecule has 0 aliphatic heterocycles. The summed E-state index contributed by atoms with van der Waals surface area (Å²) in [6.07, 6.45) is 0. The molecule has 2 aromatic carbocycles. The average molecular weight is 407 g/mol. The molecule has 3 aromatic rings. The molecule has 0 spiro atoms. The van der Waals surface area contributed by atoms with E-state index in [1.165, 1.54) is 35.6 Å². The van der Waals surface area contributed by atoms with Crippen LogP contribution in [0.15, 0.2) is 41.8 Å². The van der Waals surface area contributed by atoms with Crippen molar-refractivity contribution < 1.29 is 23.8 Å². The lowest BCUT2D eigenvalue weighted by atomic mass is 10.2. The Kier molecular flexibility index (Phi) is 5.28. The van der Waals surface area contributed by atoms with Gasteiger partial charge in [-0.15, -0.1) is 11.3 Å². The molecular formula is C17H11F2N3O3S2. The van der Waals surface area contributed by atoms with Gasteiger partial charge in [0.15, 0.2) is 21.9 Å². The van der Waals surface area contributed by atoms with Gasteiger partial charge >= 0.3 is 5.97 Å². The molecule has 138 valence electrons. The number of aromatic carboxylic acids is 1. The second kappa shape index (κ2) is 7.64. The molecule has 3 rings (SSSR count). The number of aromatic nitrogens is 1. The van der Waals surface area contributed by atoms with Crippen LogP contribution in [0.2, 0.25) is 0 Å². The van der Waals surface area contributed by atoms with E-state index in [1.807, 2.05) is 0 Å². The Hall–Kier alpha value is -3.11. The molecule has 0 radical (unpaired) electrons. The lowest BCUT2D eigenvalue weighted by Gasteiger charge is -2.09. The van der Waals surface area contributed by atoms with Crippen LogP contribution >= 0.6 is 23.6 Å². The molecule has 4 N–H and O–H groups in total. The van der Waals surface area contributed by atoms with E-state index in [9.17, 15) is 18.7 Å². The van der Waals surface area contributed by atoms with Crippen molar-refractivity contribution in [2.75, 3.05) is 10.6 Å². The number of hydrogen-bond donors (Lipinski definition) is 4. The Labute approximate surface area is 161 Å². The second-order valence-electron chi connectivity index (χ2n) is 5.28. The predicted octanol–water partition coefficient (Wildman–Crippen LogP) is 4.30. The molecule has 0 fully saturated rings. The van der Waals surface area contributed by atoms with E-state index >= 15 is 0 Å². The SMILES string of the molecule is O=C(O)c1ccc(NC(=S)Nc2nc(-c3ccc(F)c(F)c3)cs2)cc1O. The highest BCUT2D eigenvalue weighted by Crippen LogP contribution is 2.27. The molecule has 0 aliphatic carbocycles. The standard InChI is InChI=1S/C17H11F2N3O3S2/c18-11-4-1-8(5-12(11)19)13-7-27-17(21-13)22-16(26)20-9-2-3-10(15(24)25)14(23)6-9/h1-7,23H,(H,24,25)(H2,20,21,22,26). The van der Waals surface area contributed by atoms with Crippen molar-refractivity contribution in [3.8, 4) is 17.0 Å². The van der Waals surface area contributed by atoms with Crippen LogP contribution < -0.4 is 10.6 Å². The molecule has 6 nitrogen and oxygen atoms in total. The number of aromatic hydroxyl groups is 1. The van der Waals surface area contributed by atoms with Crippen molar-refractivity contribution in [3.05, 3.63) is 59.0 Å². The number of carboxylic acids is 1. The first-order valence-corrected chi connectivity index (χ1v) is 8.67. The summed E-state index contributed by atoms with van der Waals surface area (Å²) in [5.74, 6) is -3.54. The minimum Gasteiger partial charge on any atom is -0.507 e. The van der Waals surface area contributed by atoms with E-state index in [2.05, 4.69) is 15.6 Å². The fourth-order valence-corrected chi connectivity index (χ4v) is 3.17. The fraction of sp³-hybridized carbons (Fsp3) is 0. The van der Waals surface area contributed by atoms with Crippen molar-refractivity contribution >= 4 is 45.5 Å². The smallest absolute Gasteiger partial charge is 0.339 e. The first kappa shape index (κ1) is 18.7. The Balaban J connectivity index is 1.68. The molecule has 0 aliphatic rings. The summed E-state index contributed by atoms with van der Waals surface area (Å²) in [6.45, 7) is 0. The molecule has 0 amide bonds. The van der Waals surface area contributed by atoms with E-state index in [4.69, 9.17) is 17.3 Å². The molecule has 27 heavy (non-hydrogen) atoms. The van der Waals surface area contributed by atoms with Crippen molar-refractivity contribution in [1.82, 2.24) is 4.98 Å². The van der Waals surface area contributed by atoms with Crippen molar-refractivity contribution in [2.24, 2.45) is 0 Å². The first-order chi connectivity index (χ1) is 12.8. The molecule has 1 heterocycles. The summed E-state index contributed by atoms with van der Waals surface area (Å²) in [5, 5.41) is 26.4. The normalized spacial score (nSPS) is 10.4. The lowest BCUT2D eigenvalue weighted by Crippen LogP contribution is -2.19. The zero-order valence-corrected chi connectivity index (χ0v) is 15.0. The predicted molar refractivity (Wildman–Crippen MR) is 102 cm³/mol. The summed E-state index contributed by atoms with van der Waals surface area (Å²) in [5.41, 5.74) is 1.03. The summed E-state index contributed by atoms with van der Waals surface area (Å²) >= 11 is 6.36. The largest absolute Gasteiger partial charge is 0.507 e. The van der Waals surface area contributed by atoms with Gasteiger partial charge in [-0.1, -0.05) is 0 Å². The lowest BCUT2D eigenvalue weighted by molar-refractivity contribution is 0.0694. The first-order valence-electron chi connectivity index (χ1n) is 7.39. The van der Waals surface area contributed by atoms with Crippen molar-refractivity contribution in [3.63, 3.8) is 0 Å². The van der Waals surface area contributed by atoms with Crippen LogP contribution in [0.4, 0.5) is 19.6 Å². The van der Waals surface area contributed by atoms with Gasteiger partial charge < -0.3 is 20.8 Å². The molecular weight excluding hydrogens is 396 g/mol. The van der Waals surface area contributed by atoms with Crippen LogP contribution in [-0.2, 0) is 0 Å². The number of hydrogen-bond acceptors (Lipinski definition) is 5. The number of nitrogens with one attached hydrogen (secondary N) is 2. The van der Waals surface area contributed by atoms with Gasteiger partial charge in [-0.3, -0.25) is 0 Å². The number of carbonyl (C=O) groups is 1. The zero-order chi connectivity index (χ0) is 19.6. The third-order valence-electron chi connectivity index (χ3n) is 3.43. The molecule has 0 bridgehead atoms. The average Bonchev–Trinajstić information content (AvgIpc) is 3.05. The third-order valence-corrected chi connectivity index (χ3v) is 4.39. The van der Waals surface area contributed by atoms with E-state index in [1.54, 1.807) is 5.38 Å². The van der Waals surface area contributed by atoms with Crippen molar-refractivity contribution in [2.45, 2.75) is 0 Å². The summed E-state index contributed by atoms with van der Waals surface area (Å²) in [4.78, 5) is 15.1. The molecule has 10 heteroatoms. The maximum absolute atomic E-state index is 13.3. The van der Waals surface area contributed by atoms with Gasteiger partial charge in [-0.05, 0) is 42.5 Å². The quantitative estimate of drug-likeness (QED) is 0.479. The number of phenols is 1. The number of anilines is 2. The highest BCUT2D eigenvalue weighted by Gasteiger charge is 2.12. The van der Waals surface area contributed by atoms with Gasteiger partial charge in [0.1, 0.15) is 11.3 Å². The maximum Gasteiger partial charge on any atom is 0.339 e. The van der Waals surface area contributed by atoms with Gasteiger partial charge in [0.05, 0.1) is 5.69 Å². The monoisotopic (exact) mass is 407 g/mol. The summed E-state index contributed by atoms with van der Waals surface area (Å²) in [7, 11) is 0. The van der Waals surface area contributed by atoms with E-state index in [0.717, 1.165) is 12.1 Å². The van der Waals surface area contributed by atoms with Crippen LogP contribution in [0.5, 0.6) is 5.75 Å². The number of benzene rings is 2. The number of carboxylic acid groups (broad SMARTS) is 1. The van der Waals surface area contributed by atoms with Gasteiger partial charge in [-0.2, -0.15) is 0 Å². The van der Waals surface area contributed by atoms with E-state index in [0.29, 0.717) is 22.1 Å². The molecule has 0 unspecified atom stereocenters. The second-order valence-corrected chi connectivity index (χ2v) is 6.55. The minimum atomic E-state index is -1.24. The number of halogens is 2. The van der Waals surface area contributed by atoms with Gasteiger partial charge in [0.25, 0.3) is 0 Å². The van der Waals surface area contributed by atoms with E-state index in [-0.39, 0.29) is 10.7 Å². The van der Waals surface area contributed by atoms with E-state index < -0.39 is 23.4 Å². The number of thiocarbonyl (C=S) groups is 1. The molecule has 1 aromatic heterocycles. The Bertz CT molecular complexity index is 1040. The van der Waals surface area contributed by atoms with Gasteiger partial charge in [0.2, 0.25) is 0 Å². The minimum absolute atomic E-state index is 0.156. The zero-order valence-electron chi connectivity index (χ0n) is 13.4. The highest BCUT2D eigenvalue weighted by atomic mass is 32.1. The Morgan fingerprint density at radius 2 is 1.89 bits per heavy atom. The third kappa shape index (κ3) is 4.36. The number of nitrogens with zero attached hydrogens (tertiary/aromatic N) is 1. The molecule has 0 atom stereocenters. The van der Waals surface area contributed by atoms with Gasteiger partial charge in [-0.25, -0.2) is 18.6 Å². The highest BCUT2D eigenvalue weighted by molar-refractivity contribution is 7.80. The summed E-state index contributed by atoms with van der Waals surface area (Å²) in [6, 6.07) is 7.42. The molecule has 0 saturated carbocycles. The summed E-state index contributed by atoms with van der Waals surface area (Å²) < 4.78 is 26.3. The van der Waals surface area contributed by atoms with Crippen LogP contribution in [0.25, 0.3) is 11.3 Å². The Morgan fingerprint density at radius 3 is 2.56 bits per heavy atom. The number of rotatable bonds is 4. The van der Waals surface area contributed by atoms with Crippen LogP contribution in [-0.4, -0.2) is 26.3 Å². The van der Waals surface area contributed by atoms with Crippen LogP contribution in [0.1, 0.15) is 10.4 Å². The maximum atomic E-state index is 13.3.